The van der Waals surface area contributed by atoms with Gasteiger partial charge in [-0.2, -0.15) is 5.10 Å². The van der Waals surface area contributed by atoms with Crippen LogP contribution < -0.4 is 16.0 Å². The second-order valence-corrected chi connectivity index (χ2v) is 13.2. The van der Waals surface area contributed by atoms with Crippen LogP contribution in [0.1, 0.15) is 45.4 Å². The van der Waals surface area contributed by atoms with Crippen LogP contribution in [0.3, 0.4) is 0 Å². The Balaban J connectivity index is 1.26. The monoisotopic (exact) mass is 699 g/mol. The van der Waals surface area contributed by atoms with Gasteiger partial charge < -0.3 is 20.9 Å². The maximum atomic E-state index is 14.0. The fourth-order valence-corrected chi connectivity index (χ4v) is 6.92. The van der Waals surface area contributed by atoms with Crippen molar-refractivity contribution in [1.29, 1.82) is 0 Å². The summed E-state index contributed by atoms with van der Waals surface area (Å²) in [5.41, 5.74) is 2.10. The molecule has 1 aliphatic rings. The first kappa shape index (κ1) is 34.0. The largest absolute Gasteiger partial charge is 0.352 e. The van der Waals surface area contributed by atoms with Crippen LogP contribution in [-0.4, -0.2) is 74.5 Å². The van der Waals surface area contributed by atoms with Crippen LogP contribution >= 0.6 is 34.5 Å². The minimum atomic E-state index is -0.868. The summed E-state index contributed by atoms with van der Waals surface area (Å²) in [6, 6.07) is 8.44. The molecule has 4 amide bonds. The number of pyridine rings is 1. The fraction of sp³-hybridized carbons (Fsp3) is 0.312. The first-order chi connectivity index (χ1) is 22.5. The minimum absolute atomic E-state index is 0.00741. The van der Waals surface area contributed by atoms with Gasteiger partial charge in [0.25, 0.3) is 11.8 Å². The number of rotatable bonds is 11. The lowest BCUT2D eigenvalue weighted by Gasteiger charge is -2.28. The topological polar surface area (TPSA) is 138 Å². The van der Waals surface area contributed by atoms with Crippen molar-refractivity contribution in [3.63, 3.8) is 0 Å². The van der Waals surface area contributed by atoms with E-state index in [0.717, 1.165) is 11.3 Å². The molecule has 246 valence electrons. The number of hydrogen-bond donors (Lipinski definition) is 3. The molecule has 15 heteroatoms. The van der Waals surface area contributed by atoms with E-state index in [1.165, 1.54) is 35.6 Å². The summed E-state index contributed by atoms with van der Waals surface area (Å²) < 4.78 is 15.9. The molecular formula is C32H32Cl2FN7O4S. The van der Waals surface area contributed by atoms with Crippen molar-refractivity contribution in [3.05, 3.63) is 92.2 Å². The van der Waals surface area contributed by atoms with Crippen molar-refractivity contribution >= 4 is 58.2 Å². The molecule has 1 saturated heterocycles. The molecular weight excluding hydrogens is 668 g/mol. The summed E-state index contributed by atoms with van der Waals surface area (Å²) >= 11 is 13.9. The number of likely N-dealkylation sites (tertiary alicyclic amines) is 1. The molecule has 0 aliphatic carbocycles. The Morgan fingerprint density at radius 2 is 1.85 bits per heavy atom. The molecule has 4 heterocycles. The minimum Gasteiger partial charge on any atom is -0.352 e. The Bertz CT molecular complexity index is 1760. The molecule has 1 aromatic carbocycles. The molecule has 5 rings (SSSR count). The number of aromatic nitrogens is 3. The summed E-state index contributed by atoms with van der Waals surface area (Å²) in [6.07, 6.45) is 5.72. The summed E-state index contributed by atoms with van der Waals surface area (Å²) in [7, 11) is 1.71. The number of nitrogens with zero attached hydrogens (tertiary/aromatic N) is 4. The van der Waals surface area contributed by atoms with Gasteiger partial charge in [0.15, 0.2) is 0 Å². The number of halogens is 3. The first-order valence-electron chi connectivity index (χ1n) is 14.8. The SMILES string of the molecule is C[C@@H](NC(=O)c1ccncc1)C(=O)N1CCC[C@H]1C(=O)NC[C@H](Cc1cccc(F)c1)NC(=O)c1cc(-c2c(Cl)cnn2C)c(Cl)s1. The molecule has 0 bridgehead atoms. The fourth-order valence-electron chi connectivity index (χ4n) is 5.47. The molecule has 0 spiro atoms. The van der Waals surface area contributed by atoms with E-state index in [0.29, 0.717) is 56.0 Å². The van der Waals surface area contributed by atoms with Crippen LogP contribution in [0.25, 0.3) is 11.3 Å². The highest BCUT2D eigenvalue weighted by Gasteiger charge is 2.36. The normalized spacial score (nSPS) is 15.6. The number of carbonyl (C=O) groups excluding carboxylic acids is 4. The lowest BCUT2D eigenvalue weighted by atomic mass is 10.0. The Hall–Kier alpha value is -4.33. The van der Waals surface area contributed by atoms with E-state index in [9.17, 15) is 23.6 Å². The van der Waals surface area contributed by atoms with Crippen molar-refractivity contribution in [2.24, 2.45) is 7.05 Å². The highest BCUT2D eigenvalue weighted by atomic mass is 35.5. The molecule has 11 nitrogen and oxygen atoms in total. The number of thiophene rings is 1. The standard InChI is InChI=1S/C32H32Cl2FN7O4S/c1-18(39-29(43)20-8-10-36-11-9-20)32(46)42-12-4-7-25(42)30(44)37-16-22(14-19-5-3-6-21(35)13-19)40-31(45)26-15-23(28(34)47-26)27-24(33)17-38-41(27)2/h3,5-6,8-11,13,15,17-18,22,25H,4,7,12,14,16H2,1-2H3,(H,37,44)(H,39,43)(H,40,45)/t18-,22+,25+/m1/s1. The summed E-state index contributed by atoms with van der Waals surface area (Å²) in [5.74, 6) is -2.06. The van der Waals surface area contributed by atoms with E-state index >= 15 is 0 Å². The number of hydrogen-bond acceptors (Lipinski definition) is 7. The Kier molecular flexibility index (Phi) is 10.9. The average molecular weight is 701 g/mol. The van der Waals surface area contributed by atoms with Gasteiger partial charge in [0.05, 0.1) is 27.8 Å². The number of carbonyl (C=O) groups is 4. The van der Waals surface area contributed by atoms with Crippen molar-refractivity contribution in [3.8, 4) is 11.3 Å². The molecule has 0 unspecified atom stereocenters. The molecule has 3 aromatic heterocycles. The lowest BCUT2D eigenvalue weighted by Crippen LogP contribution is -2.54. The quantitative estimate of drug-likeness (QED) is 0.214. The molecule has 4 aromatic rings. The summed E-state index contributed by atoms with van der Waals surface area (Å²) in [5, 5.41) is 13.0. The van der Waals surface area contributed by atoms with Gasteiger partial charge in [-0.15, -0.1) is 11.3 Å². The lowest BCUT2D eigenvalue weighted by molar-refractivity contribution is -0.139. The van der Waals surface area contributed by atoms with E-state index in [-0.39, 0.29) is 18.9 Å². The van der Waals surface area contributed by atoms with Crippen molar-refractivity contribution < 1.29 is 23.6 Å². The third-order valence-corrected chi connectivity index (χ3v) is 9.42. The second-order valence-electron chi connectivity index (χ2n) is 11.1. The zero-order valence-corrected chi connectivity index (χ0v) is 27.8. The maximum Gasteiger partial charge on any atom is 0.261 e. The maximum absolute atomic E-state index is 14.0. The predicted octanol–water partition coefficient (Wildman–Crippen LogP) is 4.26. The first-order valence-corrected chi connectivity index (χ1v) is 16.4. The van der Waals surface area contributed by atoms with Crippen molar-refractivity contribution in [2.45, 2.75) is 44.3 Å². The number of nitrogens with one attached hydrogen (secondary N) is 3. The van der Waals surface area contributed by atoms with Crippen molar-refractivity contribution in [1.82, 2.24) is 35.6 Å². The van der Waals surface area contributed by atoms with Crippen LogP contribution in [0.5, 0.6) is 0 Å². The van der Waals surface area contributed by atoms with Crippen LogP contribution in [0.15, 0.2) is 61.1 Å². The summed E-state index contributed by atoms with van der Waals surface area (Å²) in [6.45, 7) is 1.94. The number of aryl methyl sites for hydroxylation is 1. The van der Waals surface area contributed by atoms with Crippen LogP contribution in [0.2, 0.25) is 9.36 Å². The van der Waals surface area contributed by atoms with E-state index in [1.807, 2.05) is 0 Å². The predicted molar refractivity (Wildman–Crippen MR) is 177 cm³/mol. The number of benzene rings is 1. The van der Waals surface area contributed by atoms with Gasteiger partial charge in [-0.1, -0.05) is 35.3 Å². The Morgan fingerprint density at radius 3 is 2.55 bits per heavy atom. The molecule has 3 atom stereocenters. The van der Waals surface area contributed by atoms with Gasteiger partial charge in [0.2, 0.25) is 11.8 Å². The molecule has 1 aliphatic heterocycles. The van der Waals surface area contributed by atoms with Crippen molar-refractivity contribution in [2.75, 3.05) is 13.1 Å². The van der Waals surface area contributed by atoms with Gasteiger partial charge in [-0.05, 0) is 62.1 Å². The third kappa shape index (κ3) is 8.16. The molecule has 3 N–H and O–H groups in total. The number of amides is 4. The van der Waals surface area contributed by atoms with Gasteiger partial charge in [0.1, 0.15) is 22.2 Å². The van der Waals surface area contributed by atoms with Crippen LogP contribution in [0.4, 0.5) is 4.39 Å². The second kappa shape index (κ2) is 15.1. The zero-order valence-electron chi connectivity index (χ0n) is 25.5. The van der Waals surface area contributed by atoms with Gasteiger partial charge in [-0.3, -0.25) is 28.8 Å². The molecule has 0 radical (unpaired) electrons. The third-order valence-electron chi connectivity index (χ3n) is 7.79. The van der Waals surface area contributed by atoms with E-state index in [2.05, 4.69) is 26.0 Å². The Labute approximate surface area is 284 Å². The van der Waals surface area contributed by atoms with E-state index < -0.39 is 41.7 Å². The highest BCUT2D eigenvalue weighted by molar-refractivity contribution is 7.18. The highest BCUT2D eigenvalue weighted by Crippen LogP contribution is 2.38. The van der Waals surface area contributed by atoms with Gasteiger partial charge in [-0.25, -0.2) is 4.39 Å². The molecule has 0 saturated carbocycles. The van der Waals surface area contributed by atoms with E-state index in [1.54, 1.807) is 49.0 Å². The summed E-state index contributed by atoms with van der Waals surface area (Å²) in [4.78, 5) is 58.4. The van der Waals surface area contributed by atoms with E-state index in [4.69, 9.17) is 23.2 Å². The van der Waals surface area contributed by atoms with Crippen LogP contribution in [-0.2, 0) is 23.1 Å². The molecule has 1 fully saturated rings. The zero-order chi connectivity index (χ0) is 33.7. The van der Waals surface area contributed by atoms with Gasteiger partial charge >= 0.3 is 0 Å². The van der Waals surface area contributed by atoms with Crippen LogP contribution in [0, 0.1) is 5.82 Å². The van der Waals surface area contributed by atoms with Gasteiger partial charge in [0, 0.05) is 43.7 Å². The Morgan fingerprint density at radius 1 is 1.09 bits per heavy atom. The average Bonchev–Trinajstić information content (AvgIpc) is 3.78. The molecule has 47 heavy (non-hydrogen) atoms. The smallest absolute Gasteiger partial charge is 0.261 e.